The molecule has 37 heavy (non-hydrogen) atoms. The first-order chi connectivity index (χ1) is 18.4. The zero-order valence-corrected chi connectivity index (χ0v) is 25.9. The molecule has 0 aliphatic carbocycles. The average Bonchev–Trinajstić information content (AvgIpc) is 2.98. The molecule has 0 amide bonds. The van der Waals surface area contributed by atoms with Gasteiger partial charge in [-0.25, -0.2) is 0 Å². The molecule has 0 saturated carbocycles. The van der Waals surface area contributed by atoms with Crippen molar-refractivity contribution in [2.75, 3.05) is 6.61 Å². The van der Waals surface area contributed by atoms with E-state index in [2.05, 4.69) is 158 Å². The molecule has 0 aliphatic rings. The van der Waals surface area contributed by atoms with E-state index in [1.807, 2.05) is 0 Å². The fraction of sp³-hybridized carbons (Fsp3) is 0.0588. The molecule has 0 fully saturated rings. The number of rotatable bonds is 10. The second kappa shape index (κ2) is 13.3. The second-order valence-electron chi connectivity index (χ2n) is 8.83. The molecule has 0 saturated heterocycles. The Balaban J connectivity index is 1.67. The molecule has 0 bridgehead atoms. The zero-order valence-electron chi connectivity index (χ0n) is 20.7. The maximum absolute atomic E-state index is 6.27. The SMILES string of the molecule is C(/COCc1ccccc1)=[C](\[Te]c1ccccc1)[Sn]([c]1ccccc1)([c]1ccccc1)[c]1ccccc1. The predicted molar refractivity (Wildman–Crippen MR) is 160 cm³/mol. The van der Waals surface area contributed by atoms with Crippen molar-refractivity contribution in [3.63, 3.8) is 0 Å². The number of ether oxygens (including phenoxy) is 1. The number of benzene rings is 5. The van der Waals surface area contributed by atoms with Crippen LogP contribution in [0.4, 0.5) is 0 Å². The molecule has 0 spiro atoms. The van der Waals surface area contributed by atoms with Crippen molar-refractivity contribution >= 4 is 53.6 Å². The first-order valence-corrected chi connectivity index (χ1v) is 20.6. The third-order valence-electron chi connectivity index (χ3n) is 6.46. The minimum absolute atomic E-state index is 0.618. The molecular weight excluding hydrogens is 671 g/mol. The van der Waals surface area contributed by atoms with Crippen LogP contribution in [0.15, 0.2) is 159 Å². The molecule has 0 aromatic heterocycles. The normalized spacial score (nSPS) is 11.8. The summed E-state index contributed by atoms with van der Waals surface area (Å²) in [7, 11) is 0. The Morgan fingerprint density at radius 1 is 0.541 bits per heavy atom. The van der Waals surface area contributed by atoms with Gasteiger partial charge in [-0.05, 0) is 0 Å². The van der Waals surface area contributed by atoms with E-state index in [0.29, 0.717) is 13.2 Å². The van der Waals surface area contributed by atoms with Crippen LogP contribution in [0, 0.1) is 0 Å². The molecule has 0 N–H and O–H groups in total. The van der Waals surface area contributed by atoms with E-state index in [1.165, 1.54) is 19.9 Å². The Morgan fingerprint density at radius 3 is 1.41 bits per heavy atom. The van der Waals surface area contributed by atoms with E-state index in [9.17, 15) is 0 Å². The van der Waals surface area contributed by atoms with Gasteiger partial charge in [0.05, 0.1) is 0 Å². The van der Waals surface area contributed by atoms with Crippen LogP contribution < -0.4 is 14.3 Å². The molecule has 0 heterocycles. The van der Waals surface area contributed by atoms with Crippen LogP contribution in [0.25, 0.3) is 0 Å². The van der Waals surface area contributed by atoms with Gasteiger partial charge in [-0.15, -0.1) is 0 Å². The van der Waals surface area contributed by atoms with E-state index in [1.54, 1.807) is 1.64 Å². The van der Waals surface area contributed by atoms with Crippen LogP contribution in [0.3, 0.4) is 0 Å². The Bertz CT molecular complexity index is 1290. The standard InChI is InChI=1S/C16H15OTe.3C6H5.Sn/c1-3-8-15(9-4-1)14-17-12-7-13-18-16-10-5-2-6-11-16;3*1-2-4-6-5-3-1;/h1-11H,12,14H2;3*1-5H;. The number of hydrogen-bond donors (Lipinski definition) is 0. The van der Waals surface area contributed by atoms with Gasteiger partial charge >= 0.3 is 237 Å². The molecular formula is C34H30OSnTe. The molecule has 3 heteroatoms. The third-order valence-corrected chi connectivity index (χ3v) is 29.8. The average molecular weight is 701 g/mol. The minimum atomic E-state index is -3.61. The van der Waals surface area contributed by atoms with Gasteiger partial charge in [-0.3, -0.25) is 0 Å². The van der Waals surface area contributed by atoms with E-state index in [0.717, 1.165) is 0 Å². The monoisotopic (exact) mass is 704 g/mol. The third kappa shape index (κ3) is 6.28. The molecule has 5 aromatic rings. The molecule has 5 aromatic carbocycles. The van der Waals surface area contributed by atoms with Gasteiger partial charge in [0.1, 0.15) is 0 Å². The Labute approximate surface area is 234 Å². The summed E-state index contributed by atoms with van der Waals surface area (Å²) in [4.78, 5) is 0. The van der Waals surface area contributed by atoms with E-state index < -0.39 is 39.3 Å². The van der Waals surface area contributed by atoms with Crippen molar-refractivity contribution < 1.29 is 4.74 Å². The second-order valence-corrected chi connectivity index (χ2v) is 26.0. The van der Waals surface area contributed by atoms with Crippen molar-refractivity contribution in [1.82, 2.24) is 0 Å². The van der Waals surface area contributed by atoms with Crippen LogP contribution in [0.2, 0.25) is 0 Å². The Hall–Kier alpha value is -2.61. The van der Waals surface area contributed by atoms with Crippen LogP contribution >= 0.6 is 0 Å². The van der Waals surface area contributed by atoms with E-state index in [4.69, 9.17) is 4.74 Å². The molecule has 182 valence electrons. The topological polar surface area (TPSA) is 9.23 Å². The molecule has 0 atom stereocenters. The summed E-state index contributed by atoms with van der Waals surface area (Å²) in [5.41, 5.74) is 1.21. The van der Waals surface area contributed by atoms with Crippen molar-refractivity contribution in [2.24, 2.45) is 0 Å². The zero-order chi connectivity index (χ0) is 25.2. The van der Waals surface area contributed by atoms with Crippen LogP contribution in [-0.2, 0) is 11.3 Å². The van der Waals surface area contributed by atoms with Gasteiger partial charge in [0.15, 0.2) is 0 Å². The van der Waals surface area contributed by atoms with Gasteiger partial charge in [-0.2, -0.15) is 0 Å². The fourth-order valence-electron chi connectivity index (χ4n) is 4.76. The van der Waals surface area contributed by atoms with Crippen LogP contribution in [0.5, 0.6) is 0 Å². The van der Waals surface area contributed by atoms with Crippen molar-refractivity contribution in [3.8, 4) is 0 Å². The first kappa shape index (κ1) is 26.0. The quantitative estimate of drug-likeness (QED) is 0.150. The van der Waals surface area contributed by atoms with Crippen LogP contribution in [0.1, 0.15) is 5.56 Å². The Kier molecular flexibility index (Phi) is 9.32. The predicted octanol–water partition coefficient (Wildman–Crippen LogP) is 4.83. The van der Waals surface area contributed by atoms with Gasteiger partial charge < -0.3 is 0 Å². The maximum atomic E-state index is 6.27. The summed E-state index contributed by atoms with van der Waals surface area (Å²) in [5, 5.41) is 0. The first-order valence-electron chi connectivity index (χ1n) is 12.6. The number of hydrogen-bond acceptors (Lipinski definition) is 1. The van der Waals surface area contributed by atoms with E-state index >= 15 is 0 Å². The fourth-order valence-corrected chi connectivity index (χ4v) is 31.5. The summed E-state index contributed by atoms with van der Waals surface area (Å²) in [6.45, 7) is 1.24. The molecule has 1 nitrogen and oxygen atoms in total. The summed E-state index contributed by atoms with van der Waals surface area (Å²) in [6.07, 6.45) is 2.46. The van der Waals surface area contributed by atoms with Gasteiger partial charge in [-0.1, -0.05) is 0 Å². The van der Waals surface area contributed by atoms with Crippen molar-refractivity contribution in [2.45, 2.75) is 6.61 Å². The van der Waals surface area contributed by atoms with Crippen LogP contribution in [-0.4, -0.2) is 45.9 Å². The molecule has 0 radical (unpaired) electrons. The van der Waals surface area contributed by atoms with Gasteiger partial charge in [0.25, 0.3) is 0 Å². The van der Waals surface area contributed by atoms with Crippen molar-refractivity contribution in [1.29, 1.82) is 0 Å². The summed E-state index contributed by atoms with van der Waals surface area (Å²) >= 11 is -4.26. The summed E-state index contributed by atoms with van der Waals surface area (Å²) in [6, 6.07) is 55.4. The summed E-state index contributed by atoms with van der Waals surface area (Å²) in [5.74, 6) is 0. The molecule has 0 aliphatic heterocycles. The summed E-state index contributed by atoms with van der Waals surface area (Å²) < 4.78 is 13.8. The Morgan fingerprint density at radius 2 is 0.946 bits per heavy atom. The molecule has 0 unspecified atom stereocenters. The van der Waals surface area contributed by atoms with Gasteiger partial charge in [0.2, 0.25) is 0 Å². The van der Waals surface area contributed by atoms with Crippen molar-refractivity contribution in [3.05, 3.63) is 165 Å². The van der Waals surface area contributed by atoms with Gasteiger partial charge in [0, 0.05) is 0 Å². The molecule has 5 rings (SSSR count). The van der Waals surface area contributed by atoms with E-state index in [-0.39, 0.29) is 0 Å².